The van der Waals surface area contributed by atoms with E-state index in [9.17, 15) is 4.79 Å². The highest BCUT2D eigenvalue weighted by molar-refractivity contribution is 7.80. The Kier molecular flexibility index (Phi) is 5.21. The molecule has 7 heteroatoms. The summed E-state index contributed by atoms with van der Waals surface area (Å²) < 4.78 is 0. The van der Waals surface area contributed by atoms with Crippen molar-refractivity contribution >= 4 is 34.8 Å². The van der Waals surface area contributed by atoms with E-state index in [2.05, 4.69) is 10.3 Å². The zero-order valence-electron chi connectivity index (χ0n) is 11.0. The Labute approximate surface area is 132 Å². The highest BCUT2D eigenvalue weighted by atomic mass is 35.5. The number of nitrogens with zero attached hydrogens (tertiary/aromatic N) is 2. The minimum atomic E-state index is -0.468. The van der Waals surface area contributed by atoms with Gasteiger partial charge in [0.15, 0.2) is 5.11 Å². The summed E-state index contributed by atoms with van der Waals surface area (Å²) in [6, 6.07) is 12.3. The highest BCUT2D eigenvalue weighted by Gasteiger charge is 2.17. The van der Waals surface area contributed by atoms with Gasteiger partial charge in [0.25, 0.3) is 5.91 Å². The first-order valence-electron chi connectivity index (χ1n) is 6.10. The number of nitrogens with two attached hydrogens (primary N) is 1. The van der Waals surface area contributed by atoms with Gasteiger partial charge in [-0.2, -0.15) is 0 Å². The maximum Gasteiger partial charge on any atom is 0.292 e. The molecule has 108 valence electrons. The van der Waals surface area contributed by atoms with Crippen molar-refractivity contribution in [1.82, 2.24) is 15.3 Å². The van der Waals surface area contributed by atoms with Crippen LogP contribution in [0.25, 0.3) is 0 Å². The molecule has 0 atom stereocenters. The molecular weight excluding hydrogens is 308 g/mol. The number of carbonyl (C=O) groups is 1. The number of nitrogens with one attached hydrogen (secondary N) is 1. The van der Waals surface area contributed by atoms with Crippen molar-refractivity contribution in [2.75, 3.05) is 0 Å². The molecule has 2 aromatic rings. The number of amides is 1. The number of hydrogen-bond donors (Lipinski definition) is 2. The SMILES string of the molecule is NN(C(=O)c1ccccn1)C(=S)NCc1ccc(Cl)cc1. The van der Waals surface area contributed by atoms with E-state index in [4.69, 9.17) is 29.7 Å². The summed E-state index contributed by atoms with van der Waals surface area (Å²) in [5, 5.41) is 4.56. The van der Waals surface area contributed by atoms with Gasteiger partial charge in [-0.1, -0.05) is 29.8 Å². The summed E-state index contributed by atoms with van der Waals surface area (Å²) in [5.74, 6) is 5.23. The smallest absolute Gasteiger partial charge is 0.292 e. The van der Waals surface area contributed by atoms with Crippen molar-refractivity contribution < 1.29 is 4.79 Å². The van der Waals surface area contributed by atoms with Crippen LogP contribution >= 0.6 is 23.8 Å². The number of thiocarbonyl (C=S) groups is 1. The minimum absolute atomic E-state index is 0.126. The molecule has 0 aliphatic carbocycles. The van der Waals surface area contributed by atoms with Gasteiger partial charge in [-0.15, -0.1) is 0 Å². The third-order valence-electron chi connectivity index (χ3n) is 2.68. The molecule has 0 unspecified atom stereocenters. The molecule has 1 amide bonds. The van der Waals surface area contributed by atoms with Crippen LogP contribution < -0.4 is 11.2 Å². The molecule has 0 saturated carbocycles. The number of carbonyl (C=O) groups excluding carboxylic acids is 1. The average molecular weight is 321 g/mol. The highest BCUT2D eigenvalue weighted by Crippen LogP contribution is 2.09. The van der Waals surface area contributed by atoms with E-state index in [-0.39, 0.29) is 10.8 Å². The van der Waals surface area contributed by atoms with E-state index in [1.165, 1.54) is 6.20 Å². The first kappa shape index (κ1) is 15.4. The van der Waals surface area contributed by atoms with Crippen LogP contribution in [0.1, 0.15) is 16.1 Å². The van der Waals surface area contributed by atoms with E-state index in [0.29, 0.717) is 11.6 Å². The molecule has 21 heavy (non-hydrogen) atoms. The lowest BCUT2D eigenvalue weighted by atomic mass is 10.2. The van der Waals surface area contributed by atoms with Crippen molar-refractivity contribution in [1.29, 1.82) is 0 Å². The van der Waals surface area contributed by atoms with Crippen molar-refractivity contribution in [3.63, 3.8) is 0 Å². The summed E-state index contributed by atoms with van der Waals surface area (Å²) >= 11 is 10.9. The molecule has 0 aliphatic heterocycles. The summed E-state index contributed by atoms with van der Waals surface area (Å²) in [6.07, 6.45) is 1.52. The molecule has 5 nitrogen and oxygen atoms in total. The first-order chi connectivity index (χ1) is 10.1. The topological polar surface area (TPSA) is 71.2 Å². The zero-order chi connectivity index (χ0) is 15.2. The van der Waals surface area contributed by atoms with Crippen molar-refractivity contribution in [3.8, 4) is 0 Å². The summed E-state index contributed by atoms with van der Waals surface area (Å²) in [5.41, 5.74) is 1.20. The molecule has 1 heterocycles. The van der Waals surface area contributed by atoms with Crippen molar-refractivity contribution in [3.05, 3.63) is 64.9 Å². The van der Waals surface area contributed by atoms with Gasteiger partial charge in [-0.3, -0.25) is 9.78 Å². The Morgan fingerprint density at radius 1 is 1.29 bits per heavy atom. The number of hydrogen-bond acceptors (Lipinski definition) is 4. The number of hydrazine groups is 1. The lowest BCUT2D eigenvalue weighted by Crippen LogP contribution is -2.48. The average Bonchev–Trinajstić information content (AvgIpc) is 2.53. The van der Waals surface area contributed by atoms with Crippen LogP contribution in [0, 0.1) is 0 Å². The molecule has 0 radical (unpaired) electrons. The van der Waals surface area contributed by atoms with Gasteiger partial charge in [-0.25, -0.2) is 10.9 Å². The van der Waals surface area contributed by atoms with Crippen LogP contribution in [0.4, 0.5) is 0 Å². The third-order valence-corrected chi connectivity index (χ3v) is 3.27. The molecule has 2 rings (SSSR count). The largest absolute Gasteiger partial charge is 0.357 e. The van der Waals surface area contributed by atoms with Crippen LogP contribution in [0.5, 0.6) is 0 Å². The fourth-order valence-corrected chi connectivity index (χ4v) is 1.85. The molecule has 0 bridgehead atoms. The van der Waals surface area contributed by atoms with Crippen LogP contribution in [0.3, 0.4) is 0 Å². The number of aromatic nitrogens is 1. The fourth-order valence-electron chi connectivity index (χ4n) is 1.57. The molecule has 0 saturated heterocycles. The van der Waals surface area contributed by atoms with Crippen molar-refractivity contribution in [2.24, 2.45) is 5.84 Å². The van der Waals surface area contributed by atoms with E-state index >= 15 is 0 Å². The van der Waals surface area contributed by atoms with Gasteiger partial charge in [0.1, 0.15) is 5.69 Å². The standard InChI is InChI=1S/C14H13ClN4OS/c15-11-6-4-10(5-7-11)9-18-14(21)19(16)13(20)12-3-1-2-8-17-12/h1-8H,9,16H2,(H,18,21). The molecule has 1 aromatic heterocycles. The van der Waals surface area contributed by atoms with Crippen LogP contribution in [0.2, 0.25) is 5.02 Å². The summed E-state index contributed by atoms with van der Waals surface area (Å²) in [7, 11) is 0. The lowest BCUT2D eigenvalue weighted by molar-refractivity contribution is 0.0840. The first-order valence-corrected chi connectivity index (χ1v) is 6.89. The molecular formula is C14H13ClN4OS. The number of benzene rings is 1. The Bertz CT molecular complexity index is 633. The minimum Gasteiger partial charge on any atom is -0.357 e. The maximum absolute atomic E-state index is 12.0. The van der Waals surface area contributed by atoms with Crippen LogP contribution in [0.15, 0.2) is 48.7 Å². The Balaban J connectivity index is 1.93. The summed E-state index contributed by atoms with van der Waals surface area (Å²) in [6.45, 7) is 0.444. The lowest BCUT2D eigenvalue weighted by Gasteiger charge is -2.18. The predicted molar refractivity (Wildman–Crippen MR) is 85.5 cm³/mol. The Morgan fingerprint density at radius 3 is 2.62 bits per heavy atom. The molecule has 1 aromatic carbocycles. The van der Waals surface area contributed by atoms with Crippen LogP contribution in [-0.2, 0) is 6.54 Å². The molecule has 0 spiro atoms. The zero-order valence-corrected chi connectivity index (χ0v) is 12.6. The quantitative estimate of drug-likeness (QED) is 0.392. The second kappa shape index (κ2) is 7.12. The van der Waals surface area contributed by atoms with Gasteiger partial charge in [0.2, 0.25) is 0 Å². The van der Waals surface area contributed by atoms with E-state index in [1.54, 1.807) is 30.3 Å². The second-order valence-electron chi connectivity index (χ2n) is 4.18. The van der Waals surface area contributed by atoms with E-state index in [0.717, 1.165) is 10.6 Å². The number of halogens is 1. The van der Waals surface area contributed by atoms with Gasteiger partial charge in [-0.05, 0) is 42.0 Å². The monoisotopic (exact) mass is 320 g/mol. The molecule has 0 fully saturated rings. The Morgan fingerprint density at radius 2 is 2.00 bits per heavy atom. The predicted octanol–water partition coefficient (Wildman–Crippen LogP) is 2.13. The summed E-state index contributed by atoms with van der Waals surface area (Å²) in [4.78, 5) is 16.0. The maximum atomic E-state index is 12.0. The van der Waals surface area contributed by atoms with Gasteiger partial charge < -0.3 is 5.32 Å². The van der Waals surface area contributed by atoms with E-state index in [1.807, 2.05) is 12.1 Å². The molecule has 0 aliphatic rings. The van der Waals surface area contributed by atoms with Gasteiger partial charge in [0.05, 0.1) is 0 Å². The second-order valence-corrected chi connectivity index (χ2v) is 5.00. The fraction of sp³-hybridized carbons (Fsp3) is 0.0714. The normalized spacial score (nSPS) is 10.0. The number of rotatable bonds is 3. The Hall–Kier alpha value is -2.02. The molecule has 3 N–H and O–H groups in total. The van der Waals surface area contributed by atoms with Gasteiger partial charge >= 0.3 is 0 Å². The number of pyridine rings is 1. The van der Waals surface area contributed by atoms with Gasteiger partial charge in [0, 0.05) is 17.8 Å². The van der Waals surface area contributed by atoms with Crippen LogP contribution in [-0.4, -0.2) is 21.0 Å². The van der Waals surface area contributed by atoms with Crippen molar-refractivity contribution in [2.45, 2.75) is 6.54 Å². The third kappa shape index (κ3) is 4.22. The van der Waals surface area contributed by atoms with E-state index < -0.39 is 5.91 Å².